The molecule has 4 aromatic rings. The third-order valence-corrected chi connectivity index (χ3v) is 6.97. The van der Waals surface area contributed by atoms with E-state index >= 15 is 0 Å². The molecule has 0 unspecified atom stereocenters. The second-order valence-electron chi connectivity index (χ2n) is 8.75. The minimum absolute atomic E-state index is 0.0242. The summed E-state index contributed by atoms with van der Waals surface area (Å²) in [5.74, 6) is -1.33. The molecule has 13 heteroatoms. The minimum atomic E-state index is -4.77. The highest BCUT2D eigenvalue weighted by atomic mass is 32.2. The molecule has 0 aliphatic heterocycles. The summed E-state index contributed by atoms with van der Waals surface area (Å²) in [6.07, 6.45) is -1.64. The third-order valence-electron chi connectivity index (χ3n) is 5.61. The number of hydrogen-bond acceptors (Lipinski definition) is 4. The number of nitrogens with one attached hydrogen (secondary N) is 1. The molecule has 0 spiro atoms. The standard InChI is InChI=1S/C26H21F6N3O3S/c1-15(2)35-14-18(13-33-35)23-7-6-16(17-8-20(27)12-21(9-17)38-25(28)29)10-24(23)34-39(36,37)22-5-3-4-19(11-22)26(30,31)32/h3-15,25,34H,1-2H3. The van der Waals surface area contributed by atoms with Crippen LogP contribution in [0.4, 0.5) is 32.0 Å². The molecule has 1 heterocycles. The summed E-state index contributed by atoms with van der Waals surface area (Å²) in [5, 5.41) is 4.24. The van der Waals surface area contributed by atoms with Gasteiger partial charge in [0.05, 0.1) is 22.3 Å². The van der Waals surface area contributed by atoms with Crippen LogP contribution >= 0.6 is 0 Å². The van der Waals surface area contributed by atoms with Crippen LogP contribution in [-0.4, -0.2) is 24.8 Å². The van der Waals surface area contributed by atoms with E-state index in [1.54, 1.807) is 10.9 Å². The molecule has 0 aliphatic rings. The van der Waals surface area contributed by atoms with Crippen LogP contribution in [0, 0.1) is 5.82 Å². The van der Waals surface area contributed by atoms with E-state index < -0.39 is 44.8 Å². The van der Waals surface area contributed by atoms with Gasteiger partial charge in [-0.2, -0.15) is 27.1 Å². The van der Waals surface area contributed by atoms with Crippen LogP contribution in [0.5, 0.6) is 5.75 Å². The molecular formula is C26H21F6N3O3S. The first kappa shape index (κ1) is 28.0. The van der Waals surface area contributed by atoms with Crippen LogP contribution < -0.4 is 9.46 Å². The number of sulfonamides is 1. The lowest BCUT2D eigenvalue weighted by Gasteiger charge is -2.16. The lowest BCUT2D eigenvalue weighted by atomic mass is 10.00. The summed E-state index contributed by atoms with van der Waals surface area (Å²) < 4.78 is 114. The molecule has 206 valence electrons. The molecule has 6 nitrogen and oxygen atoms in total. The number of halogens is 6. The Balaban J connectivity index is 1.83. The predicted octanol–water partition coefficient (Wildman–Crippen LogP) is 7.36. The van der Waals surface area contributed by atoms with Crippen LogP contribution in [0.1, 0.15) is 25.5 Å². The molecule has 0 saturated carbocycles. The van der Waals surface area contributed by atoms with E-state index in [9.17, 15) is 34.8 Å². The second kappa shape index (κ2) is 10.6. The number of aromatic nitrogens is 2. The number of alkyl halides is 5. The number of benzene rings is 3. The van der Waals surface area contributed by atoms with Crippen LogP contribution in [0.25, 0.3) is 22.3 Å². The van der Waals surface area contributed by atoms with E-state index in [1.807, 2.05) is 13.8 Å². The second-order valence-corrected chi connectivity index (χ2v) is 10.4. The summed E-state index contributed by atoms with van der Waals surface area (Å²) in [7, 11) is -4.54. The lowest BCUT2D eigenvalue weighted by Crippen LogP contribution is -2.15. The fourth-order valence-electron chi connectivity index (χ4n) is 3.76. The Labute approximate surface area is 219 Å². The van der Waals surface area contributed by atoms with Gasteiger partial charge < -0.3 is 4.74 Å². The van der Waals surface area contributed by atoms with E-state index in [0.717, 1.165) is 36.4 Å². The molecular weight excluding hydrogens is 548 g/mol. The Morgan fingerprint density at radius 2 is 1.69 bits per heavy atom. The van der Waals surface area contributed by atoms with Crippen molar-refractivity contribution in [3.63, 3.8) is 0 Å². The molecule has 1 aromatic heterocycles. The van der Waals surface area contributed by atoms with Gasteiger partial charge in [-0.05, 0) is 61.4 Å². The molecule has 4 rings (SSSR count). The van der Waals surface area contributed by atoms with Crippen LogP contribution in [-0.2, 0) is 16.2 Å². The zero-order valence-electron chi connectivity index (χ0n) is 20.4. The van der Waals surface area contributed by atoms with Crippen molar-refractivity contribution in [3.8, 4) is 28.0 Å². The largest absolute Gasteiger partial charge is 0.435 e. The number of nitrogens with zero attached hydrogens (tertiary/aromatic N) is 2. The molecule has 0 saturated heterocycles. The van der Waals surface area contributed by atoms with E-state index in [-0.39, 0.29) is 22.9 Å². The fraction of sp³-hybridized carbons (Fsp3) is 0.192. The number of anilines is 1. The Morgan fingerprint density at radius 3 is 2.33 bits per heavy atom. The van der Waals surface area contributed by atoms with Gasteiger partial charge in [0.2, 0.25) is 0 Å². The normalized spacial score (nSPS) is 12.3. The van der Waals surface area contributed by atoms with Gasteiger partial charge in [0.1, 0.15) is 11.6 Å². The Bertz CT molecular complexity index is 1600. The Hall–Kier alpha value is -4.00. The molecule has 0 amide bonds. The number of rotatable bonds is 8. The quantitative estimate of drug-likeness (QED) is 0.225. The zero-order chi connectivity index (χ0) is 28.5. The van der Waals surface area contributed by atoms with Crippen molar-refractivity contribution < 1.29 is 39.5 Å². The number of hydrogen-bond donors (Lipinski definition) is 1. The maximum Gasteiger partial charge on any atom is 0.416 e. The molecule has 0 aliphatic carbocycles. The average Bonchev–Trinajstić information content (AvgIpc) is 3.33. The van der Waals surface area contributed by atoms with Crippen molar-refractivity contribution in [2.45, 2.75) is 37.6 Å². The zero-order valence-corrected chi connectivity index (χ0v) is 21.2. The maximum absolute atomic E-state index is 14.2. The van der Waals surface area contributed by atoms with Crippen molar-refractivity contribution >= 4 is 15.7 Å². The van der Waals surface area contributed by atoms with Crippen LogP contribution in [0.2, 0.25) is 0 Å². The highest BCUT2D eigenvalue weighted by molar-refractivity contribution is 7.92. The Kier molecular flexibility index (Phi) is 7.64. The van der Waals surface area contributed by atoms with Gasteiger partial charge in [-0.1, -0.05) is 18.2 Å². The van der Waals surface area contributed by atoms with Crippen molar-refractivity contribution in [1.82, 2.24) is 9.78 Å². The topological polar surface area (TPSA) is 73.2 Å². The Morgan fingerprint density at radius 1 is 0.949 bits per heavy atom. The molecule has 0 atom stereocenters. The first-order chi connectivity index (χ1) is 18.2. The van der Waals surface area contributed by atoms with E-state index in [1.165, 1.54) is 24.4 Å². The van der Waals surface area contributed by atoms with Gasteiger partial charge in [-0.25, -0.2) is 12.8 Å². The van der Waals surface area contributed by atoms with Gasteiger partial charge >= 0.3 is 12.8 Å². The summed E-state index contributed by atoms with van der Waals surface area (Å²) in [5.41, 5.74) is -0.0951. The van der Waals surface area contributed by atoms with Crippen molar-refractivity contribution in [3.05, 3.63) is 84.4 Å². The highest BCUT2D eigenvalue weighted by Gasteiger charge is 2.32. The van der Waals surface area contributed by atoms with Gasteiger partial charge in [-0.3, -0.25) is 9.40 Å². The smallest absolute Gasteiger partial charge is 0.416 e. The minimum Gasteiger partial charge on any atom is -0.435 e. The van der Waals surface area contributed by atoms with E-state index in [0.29, 0.717) is 17.2 Å². The third kappa shape index (κ3) is 6.53. The predicted molar refractivity (Wildman–Crippen MR) is 132 cm³/mol. The van der Waals surface area contributed by atoms with Crippen molar-refractivity contribution in [2.24, 2.45) is 0 Å². The van der Waals surface area contributed by atoms with Crippen LogP contribution in [0.15, 0.2) is 78.0 Å². The van der Waals surface area contributed by atoms with Gasteiger partial charge in [0.25, 0.3) is 10.0 Å². The first-order valence-electron chi connectivity index (χ1n) is 11.4. The average molecular weight is 570 g/mol. The summed E-state index contributed by atoms with van der Waals surface area (Å²) in [4.78, 5) is -0.634. The van der Waals surface area contributed by atoms with E-state index in [2.05, 4.69) is 14.6 Å². The monoisotopic (exact) mass is 569 g/mol. The van der Waals surface area contributed by atoms with Crippen molar-refractivity contribution in [2.75, 3.05) is 4.72 Å². The fourth-order valence-corrected chi connectivity index (χ4v) is 4.88. The maximum atomic E-state index is 14.2. The summed E-state index contributed by atoms with van der Waals surface area (Å²) in [6.45, 7) is 0.551. The highest BCUT2D eigenvalue weighted by Crippen LogP contribution is 2.36. The first-order valence-corrected chi connectivity index (χ1v) is 12.9. The molecule has 39 heavy (non-hydrogen) atoms. The summed E-state index contributed by atoms with van der Waals surface area (Å²) >= 11 is 0. The lowest BCUT2D eigenvalue weighted by molar-refractivity contribution is -0.137. The SMILES string of the molecule is CC(C)n1cc(-c2ccc(-c3cc(F)cc(OC(F)F)c3)cc2NS(=O)(=O)c2cccc(C(F)(F)F)c2)cn1. The van der Waals surface area contributed by atoms with Gasteiger partial charge in [0, 0.05) is 29.4 Å². The molecule has 0 fully saturated rings. The van der Waals surface area contributed by atoms with Gasteiger partial charge in [-0.15, -0.1) is 0 Å². The van der Waals surface area contributed by atoms with Crippen molar-refractivity contribution in [1.29, 1.82) is 0 Å². The molecule has 0 radical (unpaired) electrons. The molecule has 0 bridgehead atoms. The molecule has 3 aromatic carbocycles. The summed E-state index contributed by atoms with van der Waals surface area (Å²) in [6, 6.07) is 10.5. The molecule has 1 N–H and O–H groups in total. The van der Waals surface area contributed by atoms with E-state index in [4.69, 9.17) is 0 Å². The van der Waals surface area contributed by atoms with Gasteiger partial charge in [0.15, 0.2) is 0 Å². The van der Waals surface area contributed by atoms with Crippen LogP contribution in [0.3, 0.4) is 0 Å². The number of ether oxygens (including phenoxy) is 1.